The SMILES string of the molecule is CC1C=CN(C(=O)O)O1. The molecule has 4 heteroatoms. The monoisotopic (exact) mass is 129 g/mol. The van der Waals surface area contributed by atoms with Gasteiger partial charge in [-0.25, -0.2) is 4.79 Å². The highest BCUT2D eigenvalue weighted by molar-refractivity contribution is 5.65. The maximum atomic E-state index is 10.1. The first kappa shape index (κ1) is 6.10. The molecule has 4 nitrogen and oxygen atoms in total. The van der Waals surface area contributed by atoms with Gasteiger partial charge in [-0.05, 0) is 13.0 Å². The van der Waals surface area contributed by atoms with E-state index in [2.05, 4.69) is 0 Å². The van der Waals surface area contributed by atoms with Gasteiger partial charge in [0.25, 0.3) is 0 Å². The zero-order chi connectivity index (χ0) is 6.85. The lowest BCUT2D eigenvalue weighted by molar-refractivity contribution is -0.0986. The molecule has 1 aliphatic rings. The minimum atomic E-state index is -1.09. The van der Waals surface area contributed by atoms with Crippen LogP contribution >= 0.6 is 0 Å². The molecule has 1 N–H and O–H groups in total. The second kappa shape index (κ2) is 2.06. The van der Waals surface area contributed by atoms with E-state index in [1.807, 2.05) is 0 Å². The average Bonchev–Trinajstić information content (AvgIpc) is 2.14. The molecule has 0 spiro atoms. The number of amides is 1. The van der Waals surface area contributed by atoms with E-state index in [1.54, 1.807) is 13.0 Å². The fourth-order valence-electron chi connectivity index (χ4n) is 0.558. The summed E-state index contributed by atoms with van der Waals surface area (Å²) in [5.41, 5.74) is 0. The molecule has 1 atom stereocenters. The number of hydrogen-bond donors (Lipinski definition) is 1. The molecule has 0 saturated heterocycles. The lowest BCUT2D eigenvalue weighted by Gasteiger charge is -2.08. The first-order valence-electron chi connectivity index (χ1n) is 2.57. The summed E-state index contributed by atoms with van der Waals surface area (Å²) in [6, 6.07) is 0. The highest BCUT2D eigenvalue weighted by Gasteiger charge is 2.17. The summed E-state index contributed by atoms with van der Waals surface area (Å²) in [5.74, 6) is 0. The largest absolute Gasteiger partial charge is 0.463 e. The van der Waals surface area contributed by atoms with Gasteiger partial charge in [-0.2, -0.15) is 5.06 Å². The Morgan fingerprint density at radius 1 is 1.89 bits per heavy atom. The average molecular weight is 129 g/mol. The molecule has 1 aliphatic heterocycles. The molecule has 1 heterocycles. The summed E-state index contributed by atoms with van der Waals surface area (Å²) in [6.07, 6.45) is 1.83. The predicted octanol–water partition coefficient (Wildman–Crippen LogP) is 0.814. The summed E-state index contributed by atoms with van der Waals surface area (Å²) in [7, 11) is 0. The van der Waals surface area contributed by atoms with Crippen LogP contribution in [-0.4, -0.2) is 22.4 Å². The third-order valence-electron chi connectivity index (χ3n) is 0.961. The van der Waals surface area contributed by atoms with Crippen LogP contribution in [-0.2, 0) is 4.84 Å². The maximum Gasteiger partial charge on any atom is 0.435 e. The zero-order valence-electron chi connectivity index (χ0n) is 4.94. The lowest BCUT2D eigenvalue weighted by Crippen LogP contribution is -2.22. The lowest BCUT2D eigenvalue weighted by atomic mass is 10.4. The van der Waals surface area contributed by atoms with Crippen LogP contribution in [0.2, 0.25) is 0 Å². The van der Waals surface area contributed by atoms with Crippen molar-refractivity contribution in [1.29, 1.82) is 0 Å². The van der Waals surface area contributed by atoms with Crippen molar-refractivity contribution in [3.63, 3.8) is 0 Å². The minimum absolute atomic E-state index is 0.124. The van der Waals surface area contributed by atoms with Gasteiger partial charge in [0.2, 0.25) is 0 Å². The molecule has 0 radical (unpaired) electrons. The second-order valence-corrected chi connectivity index (χ2v) is 1.76. The van der Waals surface area contributed by atoms with Gasteiger partial charge in [-0.15, -0.1) is 0 Å². The second-order valence-electron chi connectivity index (χ2n) is 1.76. The van der Waals surface area contributed by atoms with Gasteiger partial charge in [0.1, 0.15) is 6.10 Å². The first-order chi connectivity index (χ1) is 4.20. The summed E-state index contributed by atoms with van der Waals surface area (Å²) in [5, 5.41) is 9.06. The van der Waals surface area contributed by atoms with E-state index < -0.39 is 6.09 Å². The highest BCUT2D eigenvalue weighted by Crippen LogP contribution is 2.08. The fourth-order valence-corrected chi connectivity index (χ4v) is 0.558. The first-order valence-corrected chi connectivity index (χ1v) is 2.57. The van der Waals surface area contributed by atoms with Crippen molar-refractivity contribution in [2.75, 3.05) is 0 Å². The van der Waals surface area contributed by atoms with Crippen molar-refractivity contribution in [1.82, 2.24) is 5.06 Å². The van der Waals surface area contributed by atoms with Gasteiger partial charge in [0.05, 0.1) is 0 Å². The molecule has 50 valence electrons. The summed E-state index contributed by atoms with van der Waals surface area (Å²) >= 11 is 0. The van der Waals surface area contributed by atoms with Crippen molar-refractivity contribution in [3.8, 4) is 0 Å². The Kier molecular flexibility index (Phi) is 1.40. The molecular formula is C5H7NO3. The van der Waals surface area contributed by atoms with Crippen LogP contribution in [0.15, 0.2) is 12.3 Å². The molecule has 0 aromatic heterocycles. The van der Waals surface area contributed by atoms with Gasteiger partial charge in [0, 0.05) is 6.20 Å². The van der Waals surface area contributed by atoms with E-state index in [4.69, 9.17) is 9.94 Å². The Bertz CT molecular complexity index is 154. The van der Waals surface area contributed by atoms with Crippen LogP contribution in [0.1, 0.15) is 6.92 Å². The van der Waals surface area contributed by atoms with E-state index >= 15 is 0 Å². The molecule has 9 heavy (non-hydrogen) atoms. The van der Waals surface area contributed by atoms with E-state index in [-0.39, 0.29) is 6.10 Å². The Morgan fingerprint density at radius 2 is 2.56 bits per heavy atom. The Balaban J connectivity index is 2.50. The number of carbonyl (C=O) groups is 1. The van der Waals surface area contributed by atoms with Gasteiger partial charge in [-0.1, -0.05) is 0 Å². The molecular weight excluding hydrogens is 122 g/mol. The van der Waals surface area contributed by atoms with Gasteiger partial charge in [-0.3, -0.25) is 4.84 Å². The fraction of sp³-hybridized carbons (Fsp3) is 0.400. The van der Waals surface area contributed by atoms with Crippen LogP contribution in [0.3, 0.4) is 0 Å². The summed E-state index contributed by atoms with van der Waals surface area (Å²) < 4.78 is 0. The van der Waals surface area contributed by atoms with E-state index in [1.165, 1.54) is 6.20 Å². The van der Waals surface area contributed by atoms with Crippen molar-refractivity contribution >= 4 is 6.09 Å². The predicted molar refractivity (Wildman–Crippen MR) is 29.6 cm³/mol. The van der Waals surface area contributed by atoms with Crippen molar-refractivity contribution < 1.29 is 14.7 Å². The molecule has 1 unspecified atom stereocenters. The smallest absolute Gasteiger partial charge is 0.435 e. The molecule has 1 amide bonds. The molecule has 0 aromatic carbocycles. The van der Waals surface area contributed by atoms with E-state index in [0.29, 0.717) is 0 Å². The minimum Gasteiger partial charge on any atom is -0.463 e. The number of hydrogen-bond acceptors (Lipinski definition) is 2. The number of rotatable bonds is 0. The Labute approximate surface area is 52.3 Å². The zero-order valence-corrected chi connectivity index (χ0v) is 4.94. The van der Waals surface area contributed by atoms with Crippen LogP contribution < -0.4 is 0 Å². The number of hydroxylamine groups is 2. The van der Waals surface area contributed by atoms with Crippen LogP contribution in [0, 0.1) is 0 Å². The quantitative estimate of drug-likeness (QED) is 0.526. The van der Waals surface area contributed by atoms with E-state index in [9.17, 15) is 4.79 Å². The maximum absolute atomic E-state index is 10.1. The van der Waals surface area contributed by atoms with Crippen LogP contribution in [0.5, 0.6) is 0 Å². The highest BCUT2D eigenvalue weighted by atomic mass is 16.7. The molecule has 0 bridgehead atoms. The Morgan fingerprint density at radius 3 is 2.78 bits per heavy atom. The topological polar surface area (TPSA) is 49.8 Å². The van der Waals surface area contributed by atoms with Gasteiger partial charge >= 0.3 is 6.09 Å². The third-order valence-corrected chi connectivity index (χ3v) is 0.961. The van der Waals surface area contributed by atoms with Crippen molar-refractivity contribution in [3.05, 3.63) is 12.3 Å². The standard InChI is InChI=1S/C5H7NO3/c1-4-2-3-6(9-4)5(7)8/h2-4H,1H3,(H,7,8). The molecule has 0 aliphatic carbocycles. The summed E-state index contributed by atoms with van der Waals surface area (Å²) in [6.45, 7) is 1.76. The van der Waals surface area contributed by atoms with Crippen molar-refractivity contribution in [2.45, 2.75) is 13.0 Å². The third kappa shape index (κ3) is 1.20. The van der Waals surface area contributed by atoms with E-state index in [0.717, 1.165) is 5.06 Å². The van der Waals surface area contributed by atoms with Crippen LogP contribution in [0.4, 0.5) is 4.79 Å². The van der Waals surface area contributed by atoms with Gasteiger partial charge in [0.15, 0.2) is 0 Å². The van der Waals surface area contributed by atoms with Crippen LogP contribution in [0.25, 0.3) is 0 Å². The Hall–Kier alpha value is -1.03. The molecule has 0 saturated carbocycles. The molecule has 0 aromatic rings. The normalized spacial score (nSPS) is 25.0. The molecule has 1 rings (SSSR count). The number of nitrogens with zero attached hydrogens (tertiary/aromatic N) is 1. The number of carboxylic acid groups (broad SMARTS) is 1. The van der Waals surface area contributed by atoms with Crippen molar-refractivity contribution in [2.24, 2.45) is 0 Å². The molecule has 0 fully saturated rings. The summed E-state index contributed by atoms with van der Waals surface area (Å²) in [4.78, 5) is 14.8. The van der Waals surface area contributed by atoms with Gasteiger partial charge < -0.3 is 5.11 Å².